The predicted molar refractivity (Wildman–Crippen MR) is 83.0 cm³/mol. The van der Waals surface area contributed by atoms with Crippen molar-refractivity contribution in [3.63, 3.8) is 0 Å². The van der Waals surface area contributed by atoms with Gasteiger partial charge in [0.15, 0.2) is 0 Å². The van der Waals surface area contributed by atoms with Crippen LogP contribution in [0.1, 0.15) is 47.9 Å². The largest absolute Gasteiger partial charge is 0.495 e. The summed E-state index contributed by atoms with van der Waals surface area (Å²) in [7, 11) is 1.66. The minimum Gasteiger partial charge on any atom is -0.495 e. The lowest BCUT2D eigenvalue weighted by Crippen LogP contribution is -2.30. The van der Waals surface area contributed by atoms with Crippen LogP contribution in [0.3, 0.4) is 0 Å². The van der Waals surface area contributed by atoms with Crippen LogP contribution >= 0.6 is 0 Å². The van der Waals surface area contributed by atoms with Crippen molar-refractivity contribution >= 4 is 0 Å². The van der Waals surface area contributed by atoms with E-state index in [0.29, 0.717) is 5.92 Å². The minimum atomic E-state index is -0.0836. The van der Waals surface area contributed by atoms with E-state index in [1.54, 1.807) is 19.5 Å². The third-order valence-electron chi connectivity index (χ3n) is 4.37. The molecule has 0 aliphatic heterocycles. The van der Waals surface area contributed by atoms with Crippen LogP contribution in [0, 0.1) is 0 Å². The van der Waals surface area contributed by atoms with Gasteiger partial charge in [0, 0.05) is 11.8 Å². The van der Waals surface area contributed by atoms with Gasteiger partial charge in [0.25, 0.3) is 0 Å². The first-order valence-electron chi connectivity index (χ1n) is 7.38. The molecule has 1 aliphatic carbocycles. The van der Waals surface area contributed by atoms with E-state index in [1.165, 1.54) is 30.4 Å². The van der Waals surface area contributed by atoms with Crippen LogP contribution < -0.4 is 16.0 Å². The van der Waals surface area contributed by atoms with Gasteiger partial charge in [-0.25, -0.2) is 5.43 Å². The second-order valence-corrected chi connectivity index (χ2v) is 5.47. The Labute approximate surface area is 125 Å². The zero-order valence-electron chi connectivity index (χ0n) is 12.3. The number of nitrogens with two attached hydrogens (primary N) is 1. The summed E-state index contributed by atoms with van der Waals surface area (Å²) in [5, 5.41) is 0. The highest BCUT2D eigenvalue weighted by atomic mass is 16.5. The molecular formula is C17H21N3O. The van der Waals surface area contributed by atoms with Gasteiger partial charge in [0.05, 0.1) is 19.3 Å². The number of pyridine rings is 1. The number of nitrogens with one attached hydrogen (secondary N) is 1. The molecule has 2 aromatic rings. The van der Waals surface area contributed by atoms with Crippen molar-refractivity contribution in [2.45, 2.75) is 31.2 Å². The van der Waals surface area contributed by atoms with Gasteiger partial charge in [-0.2, -0.15) is 0 Å². The highest BCUT2D eigenvalue weighted by Crippen LogP contribution is 2.41. The number of rotatable bonds is 5. The van der Waals surface area contributed by atoms with Crippen LogP contribution in [0.25, 0.3) is 0 Å². The summed E-state index contributed by atoms with van der Waals surface area (Å²) in [5.74, 6) is 7.27. The van der Waals surface area contributed by atoms with E-state index >= 15 is 0 Å². The average Bonchev–Trinajstić information content (AvgIpc) is 2.48. The average molecular weight is 283 g/mol. The fourth-order valence-electron chi connectivity index (χ4n) is 3.01. The van der Waals surface area contributed by atoms with E-state index < -0.39 is 0 Å². The third kappa shape index (κ3) is 2.64. The molecule has 110 valence electrons. The van der Waals surface area contributed by atoms with E-state index in [-0.39, 0.29) is 6.04 Å². The van der Waals surface area contributed by atoms with Crippen molar-refractivity contribution in [3.8, 4) is 5.75 Å². The molecule has 3 N–H and O–H groups in total. The Morgan fingerprint density at radius 3 is 2.71 bits per heavy atom. The lowest BCUT2D eigenvalue weighted by Gasteiger charge is -2.30. The van der Waals surface area contributed by atoms with E-state index in [1.807, 2.05) is 6.07 Å². The third-order valence-corrected chi connectivity index (χ3v) is 4.37. The van der Waals surface area contributed by atoms with Crippen molar-refractivity contribution < 1.29 is 4.74 Å². The van der Waals surface area contributed by atoms with Gasteiger partial charge in [-0.3, -0.25) is 10.8 Å². The minimum absolute atomic E-state index is 0.0836. The summed E-state index contributed by atoms with van der Waals surface area (Å²) in [6.07, 6.45) is 7.35. The Morgan fingerprint density at radius 1 is 1.24 bits per heavy atom. The molecule has 1 unspecified atom stereocenters. The number of benzene rings is 1. The maximum Gasteiger partial charge on any atom is 0.142 e. The number of ether oxygens (including phenoxy) is 1. The highest BCUT2D eigenvalue weighted by molar-refractivity contribution is 5.44. The quantitative estimate of drug-likeness (QED) is 0.654. The van der Waals surface area contributed by atoms with Crippen molar-refractivity contribution in [2.75, 3.05) is 7.11 Å². The molecule has 1 aromatic carbocycles. The summed E-state index contributed by atoms with van der Waals surface area (Å²) in [5.41, 5.74) is 6.59. The topological polar surface area (TPSA) is 60.2 Å². The fourth-order valence-corrected chi connectivity index (χ4v) is 3.01. The van der Waals surface area contributed by atoms with Crippen LogP contribution in [0.2, 0.25) is 0 Å². The number of methoxy groups -OCH3 is 1. The molecule has 0 radical (unpaired) electrons. The van der Waals surface area contributed by atoms with Gasteiger partial charge in [0.1, 0.15) is 5.75 Å². The normalized spacial score (nSPS) is 16.3. The molecule has 0 bridgehead atoms. The van der Waals surface area contributed by atoms with E-state index in [0.717, 1.165) is 11.3 Å². The molecule has 4 heteroatoms. The van der Waals surface area contributed by atoms with Gasteiger partial charge in [0.2, 0.25) is 0 Å². The van der Waals surface area contributed by atoms with Gasteiger partial charge in [-0.1, -0.05) is 30.7 Å². The SMILES string of the molecule is COc1cnccc1C(NN)c1ccccc1C1CCC1. The van der Waals surface area contributed by atoms with Crippen molar-refractivity contribution in [3.05, 3.63) is 59.4 Å². The maximum atomic E-state index is 5.86. The Morgan fingerprint density at radius 2 is 2.05 bits per heavy atom. The summed E-state index contributed by atoms with van der Waals surface area (Å²) in [6, 6.07) is 10.4. The number of aromatic nitrogens is 1. The first-order chi connectivity index (χ1) is 10.3. The monoisotopic (exact) mass is 283 g/mol. The second-order valence-electron chi connectivity index (χ2n) is 5.47. The summed E-state index contributed by atoms with van der Waals surface area (Å²) < 4.78 is 5.43. The number of hydrogen-bond donors (Lipinski definition) is 2. The molecule has 1 heterocycles. The molecule has 0 saturated heterocycles. The molecule has 0 spiro atoms. The Balaban J connectivity index is 2.04. The standard InChI is InChI=1S/C17H21N3O/c1-21-16-11-19-10-9-15(16)17(20-18)14-8-3-2-7-13(14)12-5-4-6-12/h2-3,7-12,17,20H,4-6,18H2,1H3. The number of hydrogen-bond acceptors (Lipinski definition) is 4. The van der Waals surface area contributed by atoms with Crippen LogP contribution in [0.4, 0.5) is 0 Å². The van der Waals surface area contributed by atoms with Crippen LogP contribution in [-0.4, -0.2) is 12.1 Å². The van der Waals surface area contributed by atoms with E-state index in [4.69, 9.17) is 10.6 Å². The first kappa shape index (κ1) is 14.0. The molecule has 1 saturated carbocycles. The van der Waals surface area contributed by atoms with Gasteiger partial charge >= 0.3 is 0 Å². The molecular weight excluding hydrogens is 262 g/mol. The lowest BCUT2D eigenvalue weighted by atomic mass is 9.76. The zero-order chi connectivity index (χ0) is 14.7. The number of nitrogens with zero attached hydrogens (tertiary/aromatic N) is 1. The van der Waals surface area contributed by atoms with Crippen molar-refractivity contribution in [2.24, 2.45) is 5.84 Å². The lowest BCUT2D eigenvalue weighted by molar-refractivity contribution is 0.398. The van der Waals surface area contributed by atoms with Crippen molar-refractivity contribution in [1.29, 1.82) is 0 Å². The predicted octanol–water partition coefficient (Wildman–Crippen LogP) is 2.91. The summed E-state index contributed by atoms with van der Waals surface area (Å²) >= 11 is 0. The Bertz CT molecular complexity index is 610. The van der Waals surface area contributed by atoms with Gasteiger partial charge < -0.3 is 4.74 Å². The molecule has 21 heavy (non-hydrogen) atoms. The highest BCUT2D eigenvalue weighted by Gasteiger charge is 2.26. The summed E-state index contributed by atoms with van der Waals surface area (Å²) in [4.78, 5) is 4.12. The smallest absolute Gasteiger partial charge is 0.142 e. The van der Waals surface area contributed by atoms with Gasteiger partial charge in [-0.15, -0.1) is 0 Å². The molecule has 1 aliphatic rings. The zero-order valence-corrected chi connectivity index (χ0v) is 12.3. The maximum absolute atomic E-state index is 5.86. The molecule has 0 amide bonds. The summed E-state index contributed by atoms with van der Waals surface area (Å²) in [6.45, 7) is 0. The first-order valence-corrected chi connectivity index (χ1v) is 7.38. The Kier molecular flexibility index (Phi) is 4.18. The molecule has 3 rings (SSSR count). The van der Waals surface area contributed by atoms with Crippen molar-refractivity contribution in [1.82, 2.24) is 10.4 Å². The fraction of sp³-hybridized carbons (Fsp3) is 0.353. The molecule has 4 nitrogen and oxygen atoms in total. The van der Waals surface area contributed by atoms with Crippen LogP contribution in [-0.2, 0) is 0 Å². The number of hydrazine groups is 1. The Hall–Kier alpha value is -1.91. The van der Waals surface area contributed by atoms with Gasteiger partial charge in [-0.05, 0) is 36.0 Å². The molecule has 1 aromatic heterocycles. The van der Waals surface area contributed by atoms with Crippen LogP contribution in [0.15, 0.2) is 42.7 Å². The molecule has 1 atom stereocenters. The van der Waals surface area contributed by atoms with Crippen LogP contribution in [0.5, 0.6) is 5.75 Å². The van der Waals surface area contributed by atoms with E-state index in [9.17, 15) is 0 Å². The molecule has 1 fully saturated rings. The van der Waals surface area contributed by atoms with E-state index in [2.05, 4.69) is 34.7 Å². The second kappa shape index (κ2) is 6.24.